The van der Waals surface area contributed by atoms with E-state index in [-0.39, 0.29) is 0 Å². The van der Waals surface area contributed by atoms with Gasteiger partial charge in [-0.05, 0) is 18.2 Å². The minimum absolute atomic E-state index is 0.745. The van der Waals surface area contributed by atoms with Gasteiger partial charge in [0.1, 0.15) is 0 Å². The van der Waals surface area contributed by atoms with Crippen LogP contribution in [0.3, 0.4) is 0 Å². The zero-order valence-corrected chi connectivity index (χ0v) is 8.21. The summed E-state index contributed by atoms with van der Waals surface area (Å²) in [6.45, 7) is 3.48. The molecular formula is C11H7N2S. The molecule has 0 spiro atoms. The number of hydrogen-bond acceptors (Lipinski definition) is 3. The Kier molecular flexibility index (Phi) is 2.57. The molecule has 3 heteroatoms. The van der Waals surface area contributed by atoms with Gasteiger partial charge in [0.25, 0.3) is 0 Å². The summed E-state index contributed by atoms with van der Waals surface area (Å²) in [5.74, 6) is 6.26. The third-order valence-electron chi connectivity index (χ3n) is 1.60. The maximum Gasteiger partial charge on any atom is 0.169 e. The van der Waals surface area contributed by atoms with Gasteiger partial charge >= 0.3 is 0 Å². The van der Waals surface area contributed by atoms with Crippen LogP contribution in [-0.2, 0) is 0 Å². The van der Waals surface area contributed by atoms with Gasteiger partial charge in [-0.3, -0.25) is 0 Å². The molecule has 1 radical (unpaired) electrons. The molecule has 0 aliphatic heterocycles. The van der Waals surface area contributed by atoms with Crippen molar-refractivity contribution in [2.75, 3.05) is 0 Å². The minimum atomic E-state index is 0.745. The highest BCUT2D eigenvalue weighted by Gasteiger charge is 2.02. The van der Waals surface area contributed by atoms with Crippen molar-refractivity contribution < 1.29 is 0 Å². The van der Waals surface area contributed by atoms with E-state index in [1.54, 1.807) is 29.8 Å². The first-order chi connectivity index (χ1) is 6.90. The molecule has 0 atom stereocenters. The second kappa shape index (κ2) is 4.03. The summed E-state index contributed by atoms with van der Waals surface area (Å²) in [6.07, 6.45) is 3.46. The molecule has 0 aliphatic carbocycles. The van der Waals surface area contributed by atoms with Crippen LogP contribution >= 0.6 is 11.3 Å². The quantitative estimate of drug-likeness (QED) is 0.659. The van der Waals surface area contributed by atoms with Crippen molar-refractivity contribution in [1.29, 1.82) is 0 Å². The first-order valence-electron chi connectivity index (χ1n) is 4.05. The highest BCUT2D eigenvalue weighted by atomic mass is 32.1. The summed E-state index contributed by atoms with van der Waals surface area (Å²) >= 11 is 1.57. The smallest absolute Gasteiger partial charge is 0.169 e. The SMILES string of the molecule is [CH2]C#Cc1ccc(-c2ncccn2)s1. The van der Waals surface area contributed by atoms with Gasteiger partial charge in [0.05, 0.1) is 9.75 Å². The molecule has 2 heterocycles. The number of hydrogen-bond donors (Lipinski definition) is 0. The first-order valence-corrected chi connectivity index (χ1v) is 4.87. The molecule has 0 bridgehead atoms. The molecule has 14 heavy (non-hydrogen) atoms. The summed E-state index contributed by atoms with van der Waals surface area (Å²) < 4.78 is 0. The van der Waals surface area contributed by atoms with Crippen LogP contribution in [0.4, 0.5) is 0 Å². The fourth-order valence-corrected chi connectivity index (χ4v) is 1.87. The Morgan fingerprint density at radius 3 is 2.71 bits per heavy atom. The average molecular weight is 199 g/mol. The number of nitrogens with zero attached hydrogens (tertiary/aromatic N) is 2. The van der Waals surface area contributed by atoms with Crippen molar-refractivity contribution in [3.8, 4) is 22.5 Å². The fourth-order valence-electron chi connectivity index (χ4n) is 1.04. The van der Waals surface area contributed by atoms with E-state index in [1.165, 1.54) is 0 Å². The second-order valence-corrected chi connectivity index (χ2v) is 3.62. The lowest BCUT2D eigenvalue weighted by molar-refractivity contribution is 1.19. The third kappa shape index (κ3) is 1.81. The van der Waals surface area contributed by atoms with Gasteiger partial charge in [-0.25, -0.2) is 9.97 Å². The van der Waals surface area contributed by atoms with E-state index >= 15 is 0 Å². The third-order valence-corrected chi connectivity index (χ3v) is 2.60. The largest absolute Gasteiger partial charge is 0.236 e. The predicted octanol–water partition coefficient (Wildman–Crippen LogP) is 2.39. The molecule has 2 nitrogen and oxygen atoms in total. The molecule has 2 aromatic rings. The van der Waals surface area contributed by atoms with Crippen molar-refractivity contribution in [1.82, 2.24) is 9.97 Å². The molecule has 0 N–H and O–H groups in total. The average Bonchev–Trinajstić information content (AvgIpc) is 2.68. The monoisotopic (exact) mass is 199 g/mol. The first kappa shape index (κ1) is 8.92. The van der Waals surface area contributed by atoms with Crippen molar-refractivity contribution in [3.05, 3.63) is 42.4 Å². The Morgan fingerprint density at radius 2 is 2.00 bits per heavy atom. The Balaban J connectivity index is 2.37. The summed E-state index contributed by atoms with van der Waals surface area (Å²) in [6, 6.07) is 5.72. The number of thiophene rings is 1. The predicted molar refractivity (Wildman–Crippen MR) is 57.6 cm³/mol. The zero-order chi connectivity index (χ0) is 9.80. The van der Waals surface area contributed by atoms with Gasteiger partial charge in [-0.15, -0.1) is 11.3 Å². The molecule has 0 unspecified atom stereocenters. The van der Waals surface area contributed by atoms with Crippen LogP contribution in [-0.4, -0.2) is 9.97 Å². The lowest BCUT2D eigenvalue weighted by Crippen LogP contribution is -1.81. The van der Waals surface area contributed by atoms with Crippen LogP contribution in [0.2, 0.25) is 0 Å². The van der Waals surface area contributed by atoms with Crippen molar-refractivity contribution >= 4 is 11.3 Å². The van der Waals surface area contributed by atoms with E-state index < -0.39 is 0 Å². The van der Waals surface area contributed by atoms with E-state index in [1.807, 2.05) is 12.1 Å². The van der Waals surface area contributed by atoms with Crippen LogP contribution < -0.4 is 0 Å². The van der Waals surface area contributed by atoms with Crippen molar-refractivity contribution in [3.63, 3.8) is 0 Å². The lowest BCUT2D eigenvalue weighted by atomic mass is 10.4. The Bertz CT molecular complexity index is 477. The summed E-state index contributed by atoms with van der Waals surface area (Å²) in [5, 5.41) is 0. The van der Waals surface area contributed by atoms with Crippen molar-refractivity contribution in [2.45, 2.75) is 0 Å². The van der Waals surface area contributed by atoms with Gasteiger partial charge in [0.2, 0.25) is 0 Å². The molecule has 0 fully saturated rings. The van der Waals surface area contributed by atoms with Gasteiger partial charge in [0.15, 0.2) is 5.82 Å². The molecule has 2 aromatic heterocycles. The van der Waals surface area contributed by atoms with E-state index in [0.717, 1.165) is 15.6 Å². The molecule has 0 aliphatic rings. The summed E-state index contributed by atoms with van der Waals surface area (Å²) in [4.78, 5) is 10.3. The maximum absolute atomic E-state index is 4.16. The fraction of sp³-hybridized carbons (Fsp3) is 0. The van der Waals surface area contributed by atoms with Crippen LogP contribution in [0.15, 0.2) is 30.6 Å². The molecule has 0 saturated heterocycles. The summed E-state index contributed by atoms with van der Waals surface area (Å²) in [7, 11) is 0. The van der Waals surface area contributed by atoms with Gasteiger partial charge in [-0.2, -0.15) is 0 Å². The van der Waals surface area contributed by atoms with E-state index in [4.69, 9.17) is 0 Å². The molecule has 67 valence electrons. The maximum atomic E-state index is 4.16. The Hall–Kier alpha value is -1.66. The Labute approximate surface area is 86.7 Å². The lowest BCUT2D eigenvalue weighted by Gasteiger charge is -1.91. The molecule has 0 amide bonds. The second-order valence-electron chi connectivity index (χ2n) is 2.54. The molecule has 0 saturated carbocycles. The number of aromatic nitrogens is 2. The topological polar surface area (TPSA) is 25.8 Å². The van der Waals surface area contributed by atoms with E-state index in [9.17, 15) is 0 Å². The summed E-state index contributed by atoms with van der Waals surface area (Å²) in [5.41, 5.74) is 0. The Morgan fingerprint density at radius 1 is 1.21 bits per heavy atom. The zero-order valence-electron chi connectivity index (χ0n) is 7.40. The van der Waals surface area contributed by atoms with E-state index in [0.29, 0.717) is 0 Å². The molecule has 2 rings (SSSR count). The molecule has 0 aromatic carbocycles. The van der Waals surface area contributed by atoms with E-state index in [2.05, 4.69) is 28.7 Å². The van der Waals surface area contributed by atoms with Crippen LogP contribution in [0.1, 0.15) is 4.88 Å². The minimum Gasteiger partial charge on any atom is -0.236 e. The van der Waals surface area contributed by atoms with Crippen LogP contribution in [0.5, 0.6) is 0 Å². The highest BCUT2D eigenvalue weighted by Crippen LogP contribution is 2.23. The van der Waals surface area contributed by atoms with Gasteiger partial charge < -0.3 is 0 Å². The van der Waals surface area contributed by atoms with Gasteiger partial charge in [0, 0.05) is 19.3 Å². The standard InChI is InChI=1S/C11H7N2S/c1-2-4-9-5-6-10(14-9)11-12-7-3-8-13-11/h3,5-8H,1H2. The highest BCUT2D eigenvalue weighted by molar-refractivity contribution is 7.15. The van der Waals surface area contributed by atoms with Gasteiger partial charge in [-0.1, -0.05) is 11.8 Å². The van der Waals surface area contributed by atoms with Crippen LogP contribution in [0.25, 0.3) is 10.7 Å². The molecular weight excluding hydrogens is 192 g/mol. The van der Waals surface area contributed by atoms with Crippen molar-refractivity contribution in [2.24, 2.45) is 0 Å². The number of rotatable bonds is 1. The normalized spacial score (nSPS) is 9.21. The van der Waals surface area contributed by atoms with Crippen LogP contribution in [0, 0.1) is 18.8 Å².